The normalized spacial score (nSPS) is 15.3. The minimum atomic E-state index is -3.56. The molecule has 0 bridgehead atoms. The molecule has 21 heavy (non-hydrogen) atoms. The van der Waals surface area contributed by atoms with Gasteiger partial charge in [-0.05, 0) is 30.3 Å². The van der Waals surface area contributed by atoms with E-state index >= 15 is 0 Å². The van der Waals surface area contributed by atoms with Gasteiger partial charge < -0.3 is 15.6 Å². The number of sulfone groups is 1. The van der Waals surface area contributed by atoms with Crippen molar-refractivity contribution in [1.82, 2.24) is 0 Å². The fourth-order valence-electron chi connectivity index (χ4n) is 2.18. The summed E-state index contributed by atoms with van der Waals surface area (Å²) in [4.78, 5) is 0.357. The lowest BCUT2D eigenvalue weighted by atomic mass is 10.2. The largest absolute Gasteiger partial charge is 0.508 e. The number of nitrogens with two attached hydrogens (primary N) is 1. The van der Waals surface area contributed by atoms with E-state index in [9.17, 15) is 13.5 Å². The predicted molar refractivity (Wildman–Crippen MR) is 79.6 cm³/mol. The van der Waals surface area contributed by atoms with Gasteiger partial charge in [-0.2, -0.15) is 0 Å². The van der Waals surface area contributed by atoms with E-state index in [-0.39, 0.29) is 22.2 Å². The van der Waals surface area contributed by atoms with Gasteiger partial charge in [0.2, 0.25) is 9.84 Å². The van der Waals surface area contributed by atoms with Gasteiger partial charge in [-0.25, -0.2) is 8.42 Å². The third-order valence-electron chi connectivity index (χ3n) is 3.24. The Morgan fingerprint density at radius 2 is 1.90 bits per heavy atom. The van der Waals surface area contributed by atoms with Gasteiger partial charge in [-0.3, -0.25) is 0 Å². The molecule has 3 N–H and O–H groups in total. The molecule has 0 unspecified atom stereocenters. The molecule has 0 amide bonds. The molecule has 5 nitrogen and oxygen atoms in total. The zero-order valence-electron chi connectivity index (χ0n) is 11.0. The van der Waals surface area contributed by atoms with Crippen molar-refractivity contribution >= 4 is 21.6 Å². The van der Waals surface area contributed by atoms with E-state index in [0.717, 1.165) is 0 Å². The Labute approximate surface area is 122 Å². The summed E-state index contributed by atoms with van der Waals surface area (Å²) in [6, 6.07) is 11.0. The second-order valence-corrected chi connectivity index (χ2v) is 6.63. The maximum atomic E-state index is 12.4. The molecule has 2 aromatic carbocycles. The minimum absolute atomic E-state index is 0.0586. The fraction of sp³-hybridized carbons (Fsp3) is 0.0667. The molecule has 1 heterocycles. The van der Waals surface area contributed by atoms with Crippen LogP contribution in [0.3, 0.4) is 0 Å². The summed E-state index contributed by atoms with van der Waals surface area (Å²) in [6.45, 7) is -0.111. The second-order valence-electron chi connectivity index (χ2n) is 4.66. The van der Waals surface area contributed by atoms with E-state index in [0.29, 0.717) is 17.0 Å². The highest BCUT2D eigenvalue weighted by atomic mass is 32.2. The summed E-state index contributed by atoms with van der Waals surface area (Å²) in [7, 11) is -3.56. The monoisotopic (exact) mass is 303 g/mol. The number of aromatic hydroxyl groups is 1. The van der Waals surface area contributed by atoms with Crippen molar-refractivity contribution in [2.75, 3.05) is 12.3 Å². The Morgan fingerprint density at radius 1 is 1.14 bits per heavy atom. The number of hydrogen-bond donors (Lipinski definition) is 2. The Hall–Kier alpha value is -2.47. The van der Waals surface area contributed by atoms with Gasteiger partial charge in [-0.1, -0.05) is 12.1 Å². The predicted octanol–water partition coefficient (Wildman–Crippen LogP) is 2.18. The summed E-state index contributed by atoms with van der Waals surface area (Å²) >= 11 is 0. The molecule has 0 aromatic heterocycles. The highest BCUT2D eigenvalue weighted by molar-refractivity contribution is 7.95. The minimum Gasteiger partial charge on any atom is -0.508 e. The van der Waals surface area contributed by atoms with Crippen molar-refractivity contribution in [3.8, 4) is 11.5 Å². The van der Waals surface area contributed by atoms with Crippen LogP contribution in [0.4, 0.5) is 5.69 Å². The van der Waals surface area contributed by atoms with Crippen LogP contribution in [0.2, 0.25) is 0 Å². The van der Waals surface area contributed by atoms with Crippen LogP contribution in [0.15, 0.2) is 52.3 Å². The molecular formula is C15H13NO4S. The summed E-state index contributed by atoms with van der Waals surface area (Å²) in [5, 5.41) is 9.36. The van der Waals surface area contributed by atoms with E-state index in [1.165, 1.54) is 24.3 Å². The third-order valence-corrected chi connectivity index (χ3v) is 5.10. The van der Waals surface area contributed by atoms with Crippen molar-refractivity contribution < 1.29 is 18.3 Å². The van der Waals surface area contributed by atoms with Crippen LogP contribution in [-0.2, 0) is 9.84 Å². The number of phenolic OH excluding ortho intramolecular Hbond substituents is 1. The number of nitrogen functional groups attached to an aromatic ring is 1. The lowest BCUT2D eigenvalue weighted by Gasteiger charge is -2.07. The van der Waals surface area contributed by atoms with Crippen LogP contribution in [0.25, 0.3) is 6.08 Å². The third kappa shape index (κ3) is 2.34. The van der Waals surface area contributed by atoms with Crippen LogP contribution in [0.1, 0.15) is 5.56 Å². The molecule has 1 aliphatic rings. The smallest absolute Gasteiger partial charge is 0.206 e. The lowest BCUT2D eigenvalue weighted by molar-refractivity contribution is 0.356. The second kappa shape index (κ2) is 4.82. The van der Waals surface area contributed by atoms with Gasteiger partial charge in [0.25, 0.3) is 0 Å². The van der Waals surface area contributed by atoms with Crippen LogP contribution < -0.4 is 10.5 Å². The number of benzene rings is 2. The molecule has 0 saturated heterocycles. The molecule has 0 radical (unpaired) electrons. The molecule has 3 rings (SSSR count). The first-order valence-corrected chi connectivity index (χ1v) is 7.73. The molecule has 2 aromatic rings. The average molecular weight is 303 g/mol. The van der Waals surface area contributed by atoms with Crippen LogP contribution >= 0.6 is 0 Å². The molecular weight excluding hydrogens is 290 g/mol. The highest BCUT2D eigenvalue weighted by Gasteiger charge is 2.30. The lowest BCUT2D eigenvalue weighted by Crippen LogP contribution is -2.09. The number of anilines is 1. The topological polar surface area (TPSA) is 89.6 Å². The molecule has 0 spiro atoms. The van der Waals surface area contributed by atoms with Crippen LogP contribution in [0, 0.1) is 0 Å². The zero-order chi connectivity index (χ0) is 15.0. The first-order valence-electron chi connectivity index (χ1n) is 6.24. The number of hydrogen-bond acceptors (Lipinski definition) is 5. The molecule has 0 fully saturated rings. The molecule has 0 aliphatic carbocycles. The molecule has 0 saturated carbocycles. The fourth-order valence-corrected chi connectivity index (χ4v) is 3.67. The van der Waals surface area contributed by atoms with E-state index in [1.807, 2.05) is 0 Å². The highest BCUT2D eigenvalue weighted by Crippen LogP contribution is 2.36. The van der Waals surface area contributed by atoms with Crippen molar-refractivity contribution in [1.29, 1.82) is 0 Å². The van der Waals surface area contributed by atoms with Gasteiger partial charge in [0.05, 0.1) is 9.80 Å². The number of phenols is 1. The summed E-state index contributed by atoms with van der Waals surface area (Å²) in [5.74, 6) is 0.457. The summed E-state index contributed by atoms with van der Waals surface area (Å²) < 4.78 is 30.2. The molecule has 108 valence electrons. The first kappa shape index (κ1) is 13.5. The van der Waals surface area contributed by atoms with Crippen molar-refractivity contribution in [2.24, 2.45) is 0 Å². The summed E-state index contributed by atoms with van der Waals surface area (Å²) in [6.07, 6.45) is 1.53. The molecule has 6 heteroatoms. The van der Waals surface area contributed by atoms with Gasteiger partial charge in [-0.15, -0.1) is 0 Å². The van der Waals surface area contributed by atoms with Gasteiger partial charge in [0.15, 0.2) is 0 Å². The zero-order valence-corrected chi connectivity index (χ0v) is 11.8. The SMILES string of the molecule is Nc1cccc2c1C=C(COc1cccc(O)c1)S2(=O)=O. The molecule has 0 atom stereocenters. The number of rotatable bonds is 3. The van der Waals surface area contributed by atoms with Gasteiger partial charge >= 0.3 is 0 Å². The average Bonchev–Trinajstić information content (AvgIpc) is 2.70. The van der Waals surface area contributed by atoms with Crippen LogP contribution in [-0.4, -0.2) is 20.1 Å². The molecule has 1 aliphatic heterocycles. The Morgan fingerprint density at radius 3 is 2.62 bits per heavy atom. The number of fused-ring (bicyclic) bond motifs is 1. The van der Waals surface area contributed by atoms with E-state index < -0.39 is 9.84 Å². The Kier molecular flexibility index (Phi) is 3.10. The number of ether oxygens (including phenoxy) is 1. The van der Waals surface area contributed by atoms with Crippen molar-refractivity contribution in [2.45, 2.75) is 4.90 Å². The Bertz CT molecular complexity index is 841. The maximum Gasteiger partial charge on any atom is 0.206 e. The Balaban J connectivity index is 1.88. The van der Waals surface area contributed by atoms with Crippen molar-refractivity contribution in [3.63, 3.8) is 0 Å². The standard InChI is InChI=1S/C15H13NO4S/c16-14-5-2-6-15-13(14)8-12(21(15,18)19)9-20-11-4-1-3-10(17)7-11/h1-8,17H,9,16H2. The summed E-state index contributed by atoms with van der Waals surface area (Å²) in [5.41, 5.74) is 6.73. The van der Waals surface area contributed by atoms with Gasteiger partial charge in [0.1, 0.15) is 18.1 Å². The quantitative estimate of drug-likeness (QED) is 0.848. The van der Waals surface area contributed by atoms with Crippen molar-refractivity contribution in [3.05, 3.63) is 52.9 Å². The first-order chi connectivity index (χ1) is 9.98. The van der Waals surface area contributed by atoms with Gasteiger partial charge in [0, 0.05) is 17.3 Å². The van der Waals surface area contributed by atoms with E-state index in [2.05, 4.69) is 0 Å². The van der Waals surface area contributed by atoms with Crippen LogP contribution in [0.5, 0.6) is 11.5 Å². The van der Waals surface area contributed by atoms with E-state index in [4.69, 9.17) is 10.5 Å². The van der Waals surface area contributed by atoms with E-state index in [1.54, 1.807) is 24.3 Å². The maximum absolute atomic E-state index is 12.4.